The Kier molecular flexibility index (Phi) is 24.1. The van der Waals surface area contributed by atoms with Gasteiger partial charge in [0.25, 0.3) is 0 Å². The summed E-state index contributed by atoms with van der Waals surface area (Å²) in [6, 6.07) is 0. The van der Waals surface area contributed by atoms with E-state index in [1.807, 2.05) is 0 Å². The van der Waals surface area contributed by atoms with E-state index in [1.54, 1.807) is 0 Å². The SMILES string of the molecule is [N-]=[N+]=[N-].[Sc]. The van der Waals surface area contributed by atoms with E-state index in [0.717, 1.165) is 0 Å². The Hall–Kier alpha value is 0.180. The van der Waals surface area contributed by atoms with Crippen molar-refractivity contribution >= 4 is 0 Å². The van der Waals surface area contributed by atoms with Gasteiger partial charge >= 0.3 is 0 Å². The van der Waals surface area contributed by atoms with E-state index in [-0.39, 0.29) is 25.8 Å². The normalized spacial score (nSPS) is 2.00. The average molecular weight is 87.0 g/mol. The van der Waals surface area contributed by atoms with Crippen molar-refractivity contribution in [2.24, 2.45) is 0 Å². The van der Waals surface area contributed by atoms with E-state index in [1.165, 1.54) is 4.91 Å². The quantitative estimate of drug-likeness (QED) is 0.239. The maximum Gasteiger partial charge on any atom is 0 e. The minimum absolute atomic E-state index is 0. The molecule has 0 rings (SSSR count). The molecular weight excluding hydrogens is 87.0 g/mol. The third-order valence-electron chi connectivity index (χ3n) is 0. The van der Waals surface area contributed by atoms with Crippen LogP contribution < -0.4 is 0 Å². The molecule has 0 aliphatic carbocycles. The first-order valence-electron chi connectivity index (χ1n) is 0.400. The van der Waals surface area contributed by atoms with Crippen LogP contribution in [0.1, 0.15) is 0 Å². The first-order chi connectivity index (χ1) is 1.41. The van der Waals surface area contributed by atoms with Crippen LogP contribution in [0.15, 0.2) is 0 Å². The first-order valence-corrected chi connectivity index (χ1v) is 0.400. The molecule has 0 amide bonds. The van der Waals surface area contributed by atoms with Gasteiger partial charge in [-0.1, -0.05) is 0 Å². The summed E-state index contributed by atoms with van der Waals surface area (Å²) in [7, 11) is 0. The zero-order chi connectivity index (χ0) is 2.71. The molecule has 0 aromatic heterocycles. The van der Waals surface area contributed by atoms with Gasteiger partial charge in [-0.25, -0.2) is 0 Å². The van der Waals surface area contributed by atoms with Crippen LogP contribution in [0.5, 0.6) is 0 Å². The van der Waals surface area contributed by atoms with Crippen LogP contribution in [0, 0.1) is 0 Å². The minimum Gasteiger partial charge on any atom is -0.373 e. The zero-order valence-corrected chi connectivity index (χ0v) is 3.72. The second kappa shape index (κ2) is 10.9. The van der Waals surface area contributed by atoms with E-state index >= 15 is 0 Å². The molecule has 4 heteroatoms. The number of hydrogen-bond donors (Lipinski definition) is 0. The van der Waals surface area contributed by atoms with E-state index in [9.17, 15) is 0 Å². The van der Waals surface area contributed by atoms with Gasteiger partial charge in [-0.15, -0.1) is 0 Å². The fourth-order valence-electron chi connectivity index (χ4n) is 0. The molecule has 1 radical (unpaired) electrons. The molecule has 19 valence electrons. The minimum atomic E-state index is 0. The molecule has 0 bridgehead atoms. The maximum atomic E-state index is 6.75. The molecule has 0 aromatic carbocycles. The van der Waals surface area contributed by atoms with Crippen molar-refractivity contribution in [3.8, 4) is 0 Å². The Balaban J connectivity index is 0. The summed E-state index contributed by atoms with van der Waals surface area (Å²) < 4.78 is 0. The number of nitrogens with zero attached hydrogens (tertiary/aromatic N) is 3. The van der Waals surface area contributed by atoms with Gasteiger partial charge < -0.3 is 11.1 Å². The molecule has 0 atom stereocenters. The van der Waals surface area contributed by atoms with Crippen LogP contribution in [0.25, 0.3) is 16.0 Å². The summed E-state index contributed by atoms with van der Waals surface area (Å²) in [6.45, 7) is 0. The average Bonchev–Trinajstić information content (AvgIpc) is 0.918. The summed E-state index contributed by atoms with van der Waals surface area (Å²) >= 11 is 0. The Labute approximate surface area is 42.2 Å². The van der Waals surface area contributed by atoms with Gasteiger partial charge in [0.05, 0.1) is 0 Å². The van der Waals surface area contributed by atoms with Crippen molar-refractivity contribution < 1.29 is 25.8 Å². The second-order valence-electron chi connectivity index (χ2n) is 0.0894. The Morgan fingerprint density at radius 2 is 1.25 bits per heavy atom. The standard InChI is InChI=1S/N3.Sc/c1-3-2;/q-1;. The van der Waals surface area contributed by atoms with Gasteiger partial charge in [0.1, 0.15) is 0 Å². The summed E-state index contributed by atoms with van der Waals surface area (Å²) in [5.41, 5.74) is 13.5. The molecular formula is N3Sc-. The Bertz CT molecular complexity index is 24.3. The van der Waals surface area contributed by atoms with Gasteiger partial charge in [0.2, 0.25) is 0 Å². The third-order valence-corrected chi connectivity index (χ3v) is 0. The molecule has 0 N–H and O–H groups in total. The van der Waals surface area contributed by atoms with Crippen molar-refractivity contribution in [2.75, 3.05) is 0 Å². The fourth-order valence-corrected chi connectivity index (χ4v) is 0. The van der Waals surface area contributed by atoms with E-state index in [2.05, 4.69) is 0 Å². The van der Waals surface area contributed by atoms with Crippen molar-refractivity contribution in [3.05, 3.63) is 16.0 Å². The first kappa shape index (κ1) is 8.89. The molecule has 0 heterocycles. The van der Waals surface area contributed by atoms with Gasteiger partial charge in [-0.2, -0.15) is 0 Å². The second-order valence-corrected chi connectivity index (χ2v) is 0.0894. The molecule has 0 aromatic rings. The predicted molar refractivity (Wildman–Crippen MR) is 10.1 cm³/mol. The predicted octanol–water partition coefficient (Wildman–Crippen LogP) is 0.864. The molecule has 4 heavy (non-hydrogen) atoms. The molecule has 0 spiro atoms. The monoisotopic (exact) mass is 87.0 g/mol. The van der Waals surface area contributed by atoms with Crippen LogP contribution in [0.2, 0.25) is 0 Å². The van der Waals surface area contributed by atoms with Crippen molar-refractivity contribution in [3.63, 3.8) is 0 Å². The topological polar surface area (TPSA) is 58.7 Å². The summed E-state index contributed by atoms with van der Waals surface area (Å²) in [6.07, 6.45) is 0. The third kappa shape index (κ3) is 93.6. The molecule has 0 saturated carbocycles. The van der Waals surface area contributed by atoms with Crippen molar-refractivity contribution in [1.29, 1.82) is 0 Å². The molecule has 0 unspecified atom stereocenters. The van der Waals surface area contributed by atoms with Crippen molar-refractivity contribution in [1.82, 2.24) is 0 Å². The van der Waals surface area contributed by atoms with Gasteiger partial charge in [-0.3, -0.25) is 4.91 Å². The van der Waals surface area contributed by atoms with Crippen LogP contribution in [-0.4, -0.2) is 0 Å². The summed E-state index contributed by atoms with van der Waals surface area (Å²) in [5, 5.41) is 0. The summed E-state index contributed by atoms with van der Waals surface area (Å²) in [5.74, 6) is 0. The largest absolute Gasteiger partial charge is 0.373 e. The van der Waals surface area contributed by atoms with Gasteiger partial charge in [-0.05, 0) is 0 Å². The van der Waals surface area contributed by atoms with E-state index in [4.69, 9.17) is 11.1 Å². The van der Waals surface area contributed by atoms with E-state index < -0.39 is 0 Å². The van der Waals surface area contributed by atoms with Gasteiger partial charge in [0.15, 0.2) is 0 Å². The van der Waals surface area contributed by atoms with Crippen LogP contribution in [0.3, 0.4) is 0 Å². The molecule has 3 nitrogen and oxygen atoms in total. The van der Waals surface area contributed by atoms with Crippen molar-refractivity contribution in [2.45, 2.75) is 0 Å². The van der Waals surface area contributed by atoms with Crippen LogP contribution in [-0.2, 0) is 25.8 Å². The number of rotatable bonds is 0. The molecule has 0 aliphatic heterocycles. The Morgan fingerprint density at radius 1 is 1.25 bits per heavy atom. The van der Waals surface area contributed by atoms with Gasteiger partial charge in [0, 0.05) is 25.8 Å². The van der Waals surface area contributed by atoms with E-state index in [0.29, 0.717) is 0 Å². The molecule has 0 fully saturated rings. The molecule has 0 saturated heterocycles. The van der Waals surface area contributed by atoms with Crippen LogP contribution in [0.4, 0.5) is 0 Å². The zero-order valence-electron chi connectivity index (χ0n) is 1.92. The smallest absolute Gasteiger partial charge is 0 e. The number of hydrogen-bond acceptors (Lipinski definition) is 0. The Morgan fingerprint density at radius 3 is 1.25 bits per heavy atom. The summed E-state index contributed by atoms with van der Waals surface area (Å²) in [4.78, 5) is 1.50. The van der Waals surface area contributed by atoms with Crippen LogP contribution >= 0.6 is 0 Å². The maximum absolute atomic E-state index is 6.75. The molecule has 0 aliphatic rings. The fraction of sp³-hybridized carbons (Fsp3) is 0.